The molecule has 4 aromatic rings. The number of fused-ring (bicyclic) bond motifs is 1. The predicted molar refractivity (Wildman–Crippen MR) is 110 cm³/mol. The summed E-state index contributed by atoms with van der Waals surface area (Å²) in [5.41, 5.74) is 1.59. The zero-order valence-electron chi connectivity index (χ0n) is 15.1. The molecule has 3 N–H and O–H groups in total. The van der Waals surface area contributed by atoms with Gasteiger partial charge in [0.1, 0.15) is 5.75 Å². The molecule has 0 radical (unpaired) electrons. The summed E-state index contributed by atoms with van der Waals surface area (Å²) in [6, 6.07) is 32.7. The SMILES string of the molecule is OCc1ccccc1CO.Oc1ccccc1.c1ccc2ccccc2c1. The van der Waals surface area contributed by atoms with Crippen LogP contribution in [0.5, 0.6) is 5.75 Å². The lowest BCUT2D eigenvalue weighted by Gasteiger charge is -2.01. The Labute approximate surface area is 159 Å². The van der Waals surface area contributed by atoms with E-state index >= 15 is 0 Å². The van der Waals surface area contributed by atoms with Crippen molar-refractivity contribution in [2.45, 2.75) is 13.2 Å². The van der Waals surface area contributed by atoms with Gasteiger partial charge in [-0.1, -0.05) is 91.0 Å². The fourth-order valence-corrected chi connectivity index (χ4v) is 2.43. The molecule has 0 fully saturated rings. The quantitative estimate of drug-likeness (QED) is 0.476. The van der Waals surface area contributed by atoms with Crippen LogP contribution in [0.15, 0.2) is 103 Å². The molecule has 27 heavy (non-hydrogen) atoms. The Morgan fingerprint density at radius 2 is 0.778 bits per heavy atom. The first-order valence-electron chi connectivity index (χ1n) is 8.71. The van der Waals surface area contributed by atoms with Crippen molar-refractivity contribution < 1.29 is 15.3 Å². The molecule has 0 bridgehead atoms. The lowest BCUT2D eigenvalue weighted by Crippen LogP contribution is -1.91. The maximum atomic E-state index is 8.74. The Morgan fingerprint density at radius 3 is 1.07 bits per heavy atom. The van der Waals surface area contributed by atoms with Crippen LogP contribution in [0, 0.1) is 0 Å². The largest absolute Gasteiger partial charge is 0.508 e. The van der Waals surface area contributed by atoms with Gasteiger partial charge in [-0.3, -0.25) is 0 Å². The number of phenolic OH excluding ortho intramolecular Hbond substituents is 1. The molecular formula is C24H24O3. The van der Waals surface area contributed by atoms with Crippen LogP contribution in [0.3, 0.4) is 0 Å². The lowest BCUT2D eigenvalue weighted by atomic mass is 10.1. The van der Waals surface area contributed by atoms with E-state index in [9.17, 15) is 0 Å². The van der Waals surface area contributed by atoms with E-state index in [2.05, 4.69) is 48.5 Å². The number of hydrogen-bond donors (Lipinski definition) is 3. The molecule has 0 amide bonds. The van der Waals surface area contributed by atoms with E-state index in [1.807, 2.05) is 18.2 Å². The Morgan fingerprint density at radius 1 is 0.444 bits per heavy atom. The van der Waals surface area contributed by atoms with E-state index in [4.69, 9.17) is 15.3 Å². The second kappa shape index (κ2) is 11.5. The van der Waals surface area contributed by atoms with Crippen molar-refractivity contribution >= 4 is 10.8 Å². The topological polar surface area (TPSA) is 60.7 Å². The fraction of sp³-hybridized carbons (Fsp3) is 0.0833. The van der Waals surface area contributed by atoms with Crippen molar-refractivity contribution in [3.63, 3.8) is 0 Å². The molecule has 0 unspecified atom stereocenters. The Kier molecular flexibility index (Phi) is 8.57. The summed E-state index contributed by atoms with van der Waals surface area (Å²) in [6.45, 7) is -0.00648. The third kappa shape index (κ3) is 6.94. The number of benzene rings is 4. The number of hydrogen-bond acceptors (Lipinski definition) is 3. The lowest BCUT2D eigenvalue weighted by molar-refractivity contribution is 0.260. The number of rotatable bonds is 2. The van der Waals surface area contributed by atoms with Gasteiger partial charge in [0.2, 0.25) is 0 Å². The zero-order valence-corrected chi connectivity index (χ0v) is 15.1. The number of aliphatic hydroxyl groups excluding tert-OH is 2. The molecule has 0 aromatic heterocycles. The van der Waals surface area contributed by atoms with Gasteiger partial charge in [0.25, 0.3) is 0 Å². The van der Waals surface area contributed by atoms with Crippen LogP contribution in [0.2, 0.25) is 0 Å². The molecule has 4 rings (SSSR count). The van der Waals surface area contributed by atoms with Gasteiger partial charge in [-0.25, -0.2) is 0 Å². The fourth-order valence-electron chi connectivity index (χ4n) is 2.43. The standard InChI is InChI=1S/C10H8.C8H10O2.C6H6O/c1-2-6-10-8-4-3-7-9(10)5-1;9-5-7-3-1-2-4-8(7)6-10;7-6-4-2-1-3-5-6/h1-8H;1-4,9-10H,5-6H2;1-5,7H. The molecule has 0 saturated carbocycles. The van der Waals surface area contributed by atoms with Gasteiger partial charge in [-0.2, -0.15) is 0 Å². The molecule has 0 saturated heterocycles. The third-order valence-electron chi connectivity index (χ3n) is 3.87. The van der Waals surface area contributed by atoms with Crippen molar-refractivity contribution in [3.05, 3.63) is 114 Å². The molecule has 138 valence electrons. The summed E-state index contributed by atoms with van der Waals surface area (Å²) in [4.78, 5) is 0. The third-order valence-corrected chi connectivity index (χ3v) is 3.87. The molecule has 4 aromatic carbocycles. The molecule has 0 aliphatic rings. The van der Waals surface area contributed by atoms with Gasteiger partial charge in [0, 0.05) is 0 Å². The van der Waals surface area contributed by atoms with Crippen molar-refractivity contribution in [1.29, 1.82) is 0 Å². The molecular weight excluding hydrogens is 336 g/mol. The normalized spacial score (nSPS) is 9.56. The number of aliphatic hydroxyl groups is 2. The summed E-state index contributed by atoms with van der Waals surface area (Å²) in [5.74, 6) is 0.322. The molecule has 0 spiro atoms. The molecule has 0 aliphatic carbocycles. The first-order valence-corrected chi connectivity index (χ1v) is 8.71. The maximum Gasteiger partial charge on any atom is 0.115 e. The highest BCUT2D eigenvalue weighted by atomic mass is 16.3. The highest BCUT2D eigenvalue weighted by molar-refractivity contribution is 5.82. The van der Waals surface area contributed by atoms with E-state index in [0.29, 0.717) is 5.75 Å². The Hall–Kier alpha value is -3.14. The van der Waals surface area contributed by atoms with Gasteiger partial charge in [-0.05, 0) is 34.0 Å². The summed E-state index contributed by atoms with van der Waals surface area (Å²) >= 11 is 0. The van der Waals surface area contributed by atoms with Gasteiger partial charge in [0.15, 0.2) is 0 Å². The second-order valence-corrected chi connectivity index (χ2v) is 5.77. The molecule has 0 heterocycles. The van der Waals surface area contributed by atoms with Crippen LogP contribution in [0.25, 0.3) is 10.8 Å². The van der Waals surface area contributed by atoms with Crippen molar-refractivity contribution in [2.75, 3.05) is 0 Å². The maximum absolute atomic E-state index is 8.74. The average molecular weight is 360 g/mol. The van der Waals surface area contributed by atoms with E-state index < -0.39 is 0 Å². The van der Waals surface area contributed by atoms with Crippen LogP contribution >= 0.6 is 0 Å². The molecule has 3 nitrogen and oxygen atoms in total. The average Bonchev–Trinajstić information content (AvgIpc) is 2.75. The Balaban J connectivity index is 0.000000148. The minimum Gasteiger partial charge on any atom is -0.508 e. The zero-order chi connectivity index (χ0) is 19.3. The molecule has 0 aliphatic heterocycles. The Bertz CT molecular complexity index is 832. The first kappa shape index (κ1) is 20.2. The summed E-state index contributed by atoms with van der Waals surface area (Å²) < 4.78 is 0. The monoisotopic (exact) mass is 360 g/mol. The number of aromatic hydroxyl groups is 1. The highest BCUT2D eigenvalue weighted by Crippen LogP contribution is 2.11. The van der Waals surface area contributed by atoms with E-state index in [-0.39, 0.29) is 13.2 Å². The van der Waals surface area contributed by atoms with Crippen LogP contribution in [-0.2, 0) is 13.2 Å². The van der Waals surface area contributed by atoms with Crippen molar-refractivity contribution in [3.8, 4) is 5.75 Å². The van der Waals surface area contributed by atoms with E-state index in [0.717, 1.165) is 11.1 Å². The van der Waals surface area contributed by atoms with Gasteiger partial charge >= 0.3 is 0 Å². The minimum atomic E-state index is -0.00324. The van der Waals surface area contributed by atoms with Crippen molar-refractivity contribution in [1.82, 2.24) is 0 Å². The van der Waals surface area contributed by atoms with Gasteiger partial charge in [-0.15, -0.1) is 0 Å². The number of para-hydroxylation sites is 1. The van der Waals surface area contributed by atoms with E-state index in [1.165, 1.54) is 10.8 Å². The second-order valence-electron chi connectivity index (χ2n) is 5.77. The minimum absolute atomic E-state index is 0.00324. The highest BCUT2D eigenvalue weighted by Gasteiger charge is 1.95. The van der Waals surface area contributed by atoms with Gasteiger partial charge in [0.05, 0.1) is 13.2 Å². The summed E-state index contributed by atoms with van der Waals surface area (Å²) in [7, 11) is 0. The van der Waals surface area contributed by atoms with Crippen LogP contribution in [-0.4, -0.2) is 15.3 Å². The number of phenols is 1. The summed E-state index contributed by atoms with van der Waals surface area (Å²) in [6.07, 6.45) is 0. The molecule has 0 atom stereocenters. The van der Waals surface area contributed by atoms with Gasteiger partial charge < -0.3 is 15.3 Å². The van der Waals surface area contributed by atoms with Crippen LogP contribution < -0.4 is 0 Å². The smallest absolute Gasteiger partial charge is 0.115 e. The van der Waals surface area contributed by atoms with Crippen molar-refractivity contribution in [2.24, 2.45) is 0 Å². The van der Waals surface area contributed by atoms with E-state index in [1.54, 1.807) is 36.4 Å². The molecule has 3 heteroatoms. The van der Waals surface area contributed by atoms with Crippen LogP contribution in [0.4, 0.5) is 0 Å². The summed E-state index contributed by atoms with van der Waals surface area (Å²) in [5, 5.41) is 28.7. The predicted octanol–water partition coefficient (Wildman–Crippen LogP) is 4.90. The van der Waals surface area contributed by atoms with Crippen LogP contribution in [0.1, 0.15) is 11.1 Å². The first-order chi connectivity index (χ1) is 13.2.